The molecule has 8 nitrogen and oxygen atoms in total. The van der Waals surface area contributed by atoms with Crippen molar-refractivity contribution in [2.45, 2.75) is 13.1 Å². The molecule has 0 saturated heterocycles. The Hall–Kier alpha value is -4.28. The van der Waals surface area contributed by atoms with E-state index in [0.29, 0.717) is 33.5 Å². The fourth-order valence-electron chi connectivity index (χ4n) is 3.60. The molecule has 0 spiro atoms. The van der Waals surface area contributed by atoms with Gasteiger partial charge in [-0.2, -0.15) is 18.3 Å². The first-order valence-corrected chi connectivity index (χ1v) is 10.2. The number of carbonyl (C=O) groups excluding carboxylic acids is 1. The molecule has 0 radical (unpaired) electrons. The van der Waals surface area contributed by atoms with E-state index in [1.807, 2.05) is 0 Å². The number of nitrogens with zero attached hydrogens (tertiary/aromatic N) is 6. The number of halogens is 3. The topological polar surface area (TPSA) is 89.5 Å². The number of hydrogen-bond donors (Lipinski definition) is 1. The first-order valence-electron chi connectivity index (χ1n) is 10.2. The third kappa shape index (κ3) is 4.32. The summed E-state index contributed by atoms with van der Waals surface area (Å²) in [6, 6.07) is 8.05. The smallest absolute Gasteiger partial charge is 0.345 e. The molecule has 34 heavy (non-hydrogen) atoms. The number of rotatable bonds is 6. The number of hydrogen-bond acceptors (Lipinski definition) is 5. The van der Waals surface area contributed by atoms with E-state index >= 15 is 0 Å². The third-order valence-electron chi connectivity index (χ3n) is 5.04. The molecule has 4 aromatic rings. The Bertz CT molecular complexity index is 1440. The molecular weight excluding hydrogens is 447 g/mol. The van der Waals surface area contributed by atoms with E-state index in [9.17, 15) is 18.0 Å². The van der Waals surface area contributed by atoms with Gasteiger partial charge in [-0.1, -0.05) is 0 Å². The van der Waals surface area contributed by atoms with Crippen LogP contribution in [-0.4, -0.2) is 44.7 Å². The summed E-state index contributed by atoms with van der Waals surface area (Å²) < 4.78 is 42.3. The Labute approximate surface area is 192 Å². The number of fused-ring (bicyclic) bond motifs is 3. The maximum absolute atomic E-state index is 13.0. The summed E-state index contributed by atoms with van der Waals surface area (Å²) in [5.74, 6) is -0.414. The molecule has 0 aliphatic rings. The van der Waals surface area contributed by atoms with E-state index in [0.717, 1.165) is 12.1 Å². The summed E-state index contributed by atoms with van der Waals surface area (Å²) in [5.41, 5.74) is 2.09. The van der Waals surface area contributed by atoms with Crippen LogP contribution < -0.4 is 5.32 Å². The zero-order valence-electron chi connectivity index (χ0n) is 18.3. The van der Waals surface area contributed by atoms with Crippen molar-refractivity contribution < 1.29 is 18.0 Å². The van der Waals surface area contributed by atoms with Gasteiger partial charge in [0, 0.05) is 31.3 Å². The van der Waals surface area contributed by atoms with E-state index in [4.69, 9.17) is 0 Å². The number of aromatic nitrogens is 4. The lowest BCUT2D eigenvalue weighted by Crippen LogP contribution is -2.26. The van der Waals surface area contributed by atoms with Crippen LogP contribution in [0.15, 0.2) is 64.5 Å². The van der Waals surface area contributed by atoms with E-state index in [1.165, 1.54) is 18.3 Å². The Balaban J connectivity index is 1.74. The number of carbonyl (C=O) groups is 1. The van der Waals surface area contributed by atoms with Gasteiger partial charge in [-0.15, -0.1) is 0 Å². The molecule has 1 amide bonds. The Morgan fingerprint density at radius 2 is 1.94 bits per heavy atom. The molecule has 4 rings (SSSR count). The molecule has 0 saturated carbocycles. The van der Waals surface area contributed by atoms with Crippen LogP contribution in [0.1, 0.15) is 23.0 Å². The molecular formula is C23H20F3N7O. The van der Waals surface area contributed by atoms with Crippen molar-refractivity contribution in [2.24, 2.45) is 17.0 Å². The van der Waals surface area contributed by atoms with Crippen molar-refractivity contribution in [1.82, 2.24) is 24.6 Å². The van der Waals surface area contributed by atoms with Gasteiger partial charge in [0.1, 0.15) is 11.2 Å². The molecule has 0 unspecified atom stereocenters. The van der Waals surface area contributed by atoms with Crippen LogP contribution in [-0.2, 0) is 13.2 Å². The lowest BCUT2D eigenvalue weighted by atomic mass is 10.2. The van der Waals surface area contributed by atoms with Crippen molar-refractivity contribution in [3.63, 3.8) is 0 Å². The SMILES string of the molecule is C=N/C=C(/CNC(=O)c1ccc2c(n1)c1cn(C)nc1n2-c1ccc(C(F)(F)F)cc1)N=CC. The van der Waals surface area contributed by atoms with Gasteiger partial charge in [0.25, 0.3) is 5.91 Å². The molecule has 11 heteroatoms. The van der Waals surface area contributed by atoms with Crippen LogP contribution in [0.5, 0.6) is 0 Å². The summed E-state index contributed by atoms with van der Waals surface area (Å²) in [4.78, 5) is 25.0. The van der Waals surface area contributed by atoms with Crippen LogP contribution in [0.25, 0.3) is 27.8 Å². The summed E-state index contributed by atoms with van der Waals surface area (Å²) in [5, 5.41) is 7.86. The average molecular weight is 467 g/mol. The van der Waals surface area contributed by atoms with E-state index in [-0.39, 0.29) is 12.2 Å². The van der Waals surface area contributed by atoms with Crippen LogP contribution in [0.2, 0.25) is 0 Å². The normalized spacial score (nSPS) is 12.7. The summed E-state index contributed by atoms with van der Waals surface area (Å²) in [6.45, 7) is 5.27. The highest BCUT2D eigenvalue weighted by atomic mass is 19.4. The number of aryl methyl sites for hydroxylation is 1. The first-order chi connectivity index (χ1) is 16.2. The Kier molecular flexibility index (Phi) is 6.01. The number of alkyl halides is 3. The average Bonchev–Trinajstić information content (AvgIpc) is 3.31. The molecule has 0 fully saturated rings. The van der Waals surface area contributed by atoms with Gasteiger partial charge in [-0.3, -0.25) is 24.0 Å². The zero-order chi connectivity index (χ0) is 24.5. The quantitative estimate of drug-likeness (QED) is 0.429. The lowest BCUT2D eigenvalue weighted by Gasteiger charge is -2.10. The molecule has 0 aliphatic carbocycles. The van der Waals surface area contributed by atoms with Gasteiger partial charge in [0.05, 0.1) is 28.7 Å². The molecule has 1 aromatic carbocycles. The van der Waals surface area contributed by atoms with E-state index in [1.54, 1.807) is 47.8 Å². The first kappa shape index (κ1) is 22.9. The fourth-order valence-corrected chi connectivity index (χ4v) is 3.60. The Morgan fingerprint density at radius 3 is 2.59 bits per heavy atom. The fraction of sp³-hybridized carbons (Fsp3) is 0.174. The van der Waals surface area contributed by atoms with Crippen molar-refractivity contribution in [3.05, 3.63) is 65.7 Å². The molecule has 1 N–H and O–H groups in total. The van der Waals surface area contributed by atoms with Crippen LogP contribution in [0.4, 0.5) is 13.2 Å². The number of amides is 1. The number of aliphatic imine (C=N–C) groups is 2. The molecule has 0 bridgehead atoms. The minimum atomic E-state index is -4.43. The second-order valence-corrected chi connectivity index (χ2v) is 7.36. The van der Waals surface area contributed by atoms with E-state index in [2.05, 4.69) is 32.1 Å². The third-order valence-corrected chi connectivity index (χ3v) is 5.04. The highest BCUT2D eigenvalue weighted by Crippen LogP contribution is 2.33. The standard InChI is InChI=1S/C23H20F3N7O/c1-4-28-15(11-27-2)12-29-22(34)18-9-10-19-20(30-18)17-13-32(3)31-21(17)33(19)16-7-5-14(6-8-16)23(24,25)26/h4-11,13H,2,12H2,1,3H3,(H,29,34)/b15-11-,28-4?. The van der Waals surface area contributed by atoms with Crippen LogP contribution >= 0.6 is 0 Å². The summed E-state index contributed by atoms with van der Waals surface area (Å²) in [7, 11) is 1.73. The molecule has 0 atom stereocenters. The molecule has 174 valence electrons. The van der Waals surface area contributed by atoms with Crippen molar-refractivity contribution >= 4 is 40.9 Å². The Morgan fingerprint density at radius 1 is 1.21 bits per heavy atom. The highest BCUT2D eigenvalue weighted by Gasteiger charge is 2.30. The van der Waals surface area contributed by atoms with Gasteiger partial charge >= 0.3 is 6.18 Å². The number of benzene rings is 1. The number of pyridine rings is 1. The monoisotopic (exact) mass is 467 g/mol. The van der Waals surface area contributed by atoms with Gasteiger partial charge in [-0.25, -0.2) is 4.98 Å². The lowest BCUT2D eigenvalue weighted by molar-refractivity contribution is -0.137. The zero-order valence-corrected chi connectivity index (χ0v) is 18.3. The highest BCUT2D eigenvalue weighted by molar-refractivity contribution is 6.07. The van der Waals surface area contributed by atoms with Gasteiger partial charge in [0.15, 0.2) is 5.65 Å². The molecule has 3 heterocycles. The second-order valence-electron chi connectivity index (χ2n) is 7.36. The minimum Gasteiger partial charge on any atom is -0.345 e. The number of nitrogens with one attached hydrogen (secondary N) is 1. The summed E-state index contributed by atoms with van der Waals surface area (Å²) in [6.07, 6.45) is 0.344. The largest absolute Gasteiger partial charge is 0.416 e. The molecule has 0 aliphatic heterocycles. The minimum absolute atomic E-state index is 0.136. The van der Waals surface area contributed by atoms with Crippen LogP contribution in [0, 0.1) is 0 Å². The summed E-state index contributed by atoms with van der Waals surface area (Å²) >= 11 is 0. The van der Waals surface area contributed by atoms with Gasteiger partial charge in [-0.05, 0) is 50.0 Å². The van der Waals surface area contributed by atoms with Crippen molar-refractivity contribution in [1.29, 1.82) is 0 Å². The van der Waals surface area contributed by atoms with Gasteiger partial charge < -0.3 is 5.32 Å². The van der Waals surface area contributed by atoms with E-state index < -0.39 is 17.6 Å². The van der Waals surface area contributed by atoms with Crippen molar-refractivity contribution in [2.75, 3.05) is 6.54 Å². The predicted octanol–water partition coefficient (Wildman–Crippen LogP) is 4.29. The maximum Gasteiger partial charge on any atom is 0.416 e. The second kappa shape index (κ2) is 8.93. The predicted molar refractivity (Wildman–Crippen MR) is 124 cm³/mol. The molecule has 3 aromatic heterocycles. The van der Waals surface area contributed by atoms with Crippen LogP contribution in [0.3, 0.4) is 0 Å². The van der Waals surface area contributed by atoms with Gasteiger partial charge in [0.2, 0.25) is 0 Å². The van der Waals surface area contributed by atoms with Crippen molar-refractivity contribution in [3.8, 4) is 5.69 Å². The maximum atomic E-state index is 13.0.